The molecule has 1 aromatic rings. The van der Waals surface area contributed by atoms with E-state index in [9.17, 15) is 4.79 Å². The van der Waals surface area contributed by atoms with Crippen LogP contribution in [-0.4, -0.2) is 19.0 Å². The number of rotatable bonds is 6. The summed E-state index contributed by atoms with van der Waals surface area (Å²) in [4.78, 5) is 11.9. The van der Waals surface area contributed by atoms with Crippen LogP contribution in [0.3, 0.4) is 0 Å². The fourth-order valence-corrected chi connectivity index (χ4v) is 2.30. The van der Waals surface area contributed by atoms with Crippen LogP contribution in [0.15, 0.2) is 24.9 Å². The highest BCUT2D eigenvalue weighted by Crippen LogP contribution is 2.31. The van der Waals surface area contributed by atoms with Gasteiger partial charge >= 0.3 is 0 Å². The van der Waals surface area contributed by atoms with Crippen LogP contribution in [0.2, 0.25) is 5.02 Å². The Morgan fingerprint density at radius 2 is 2.24 bits per heavy atom. The average Bonchev–Trinajstić information content (AvgIpc) is 2.46. The van der Waals surface area contributed by atoms with Crippen LogP contribution in [0.4, 0.5) is 5.69 Å². The van der Waals surface area contributed by atoms with Crippen molar-refractivity contribution in [3.05, 3.63) is 41.1 Å². The molecule has 0 unspecified atom stereocenters. The van der Waals surface area contributed by atoms with Crippen LogP contribution in [-0.2, 0) is 4.79 Å². The molecule has 112 valence electrons. The SMILES string of the molecule is C=C1NC=Cc2cc(NC(=O)CNCCCC)c(Cl)cc21. The average molecular weight is 306 g/mol. The van der Waals surface area contributed by atoms with Gasteiger partial charge in [-0.05, 0) is 36.7 Å². The Bertz CT molecular complexity index is 581. The first-order valence-corrected chi connectivity index (χ1v) is 7.46. The van der Waals surface area contributed by atoms with Crippen LogP contribution >= 0.6 is 11.6 Å². The summed E-state index contributed by atoms with van der Waals surface area (Å²) >= 11 is 6.23. The van der Waals surface area contributed by atoms with Crippen LogP contribution < -0.4 is 16.0 Å². The van der Waals surface area contributed by atoms with Crippen molar-refractivity contribution in [1.82, 2.24) is 10.6 Å². The zero-order valence-electron chi connectivity index (χ0n) is 12.1. The molecule has 2 rings (SSSR count). The monoisotopic (exact) mass is 305 g/mol. The van der Waals surface area contributed by atoms with Crippen molar-refractivity contribution in [2.45, 2.75) is 19.8 Å². The highest BCUT2D eigenvalue weighted by atomic mass is 35.5. The van der Waals surface area contributed by atoms with Gasteiger partial charge < -0.3 is 16.0 Å². The van der Waals surface area contributed by atoms with Crippen molar-refractivity contribution < 1.29 is 4.79 Å². The van der Waals surface area contributed by atoms with Gasteiger partial charge in [-0.25, -0.2) is 0 Å². The second-order valence-corrected chi connectivity index (χ2v) is 5.36. The Balaban J connectivity index is 2.03. The minimum Gasteiger partial charge on any atom is -0.362 e. The lowest BCUT2D eigenvalue weighted by atomic mass is 10.0. The molecule has 0 atom stereocenters. The quantitative estimate of drug-likeness (QED) is 0.707. The summed E-state index contributed by atoms with van der Waals surface area (Å²) in [6, 6.07) is 3.68. The summed E-state index contributed by atoms with van der Waals surface area (Å²) < 4.78 is 0. The summed E-state index contributed by atoms with van der Waals surface area (Å²) in [5.41, 5.74) is 3.35. The molecule has 0 saturated heterocycles. The van der Waals surface area contributed by atoms with Gasteiger partial charge in [0.1, 0.15) is 0 Å². The Morgan fingerprint density at radius 1 is 1.43 bits per heavy atom. The lowest BCUT2D eigenvalue weighted by Gasteiger charge is -2.17. The first kappa shape index (κ1) is 15.6. The Kier molecular flexibility index (Phi) is 5.42. The minimum atomic E-state index is -0.0929. The molecular weight excluding hydrogens is 286 g/mol. The van der Waals surface area contributed by atoms with E-state index < -0.39 is 0 Å². The van der Waals surface area contributed by atoms with E-state index in [0.717, 1.165) is 36.2 Å². The molecular formula is C16H20ClN3O. The Morgan fingerprint density at radius 3 is 3.00 bits per heavy atom. The number of hydrogen-bond acceptors (Lipinski definition) is 3. The first-order valence-electron chi connectivity index (χ1n) is 7.08. The van der Waals surface area contributed by atoms with Crippen molar-refractivity contribution in [3.8, 4) is 0 Å². The molecule has 0 aromatic heterocycles. The number of benzene rings is 1. The van der Waals surface area contributed by atoms with Gasteiger partial charge in [0.05, 0.1) is 17.3 Å². The van der Waals surface area contributed by atoms with Gasteiger partial charge in [-0.3, -0.25) is 4.79 Å². The van der Waals surface area contributed by atoms with E-state index in [0.29, 0.717) is 10.7 Å². The highest BCUT2D eigenvalue weighted by molar-refractivity contribution is 6.34. The van der Waals surface area contributed by atoms with Gasteiger partial charge in [-0.2, -0.15) is 0 Å². The molecule has 1 aliphatic heterocycles. The molecule has 0 spiro atoms. The number of unbranched alkanes of at least 4 members (excludes halogenated alkanes) is 1. The number of carbonyl (C=O) groups excluding carboxylic acids is 1. The summed E-state index contributed by atoms with van der Waals surface area (Å²) in [5, 5.41) is 9.48. The predicted molar refractivity (Wildman–Crippen MR) is 89.1 cm³/mol. The molecule has 1 aliphatic rings. The maximum absolute atomic E-state index is 11.9. The molecule has 4 nitrogen and oxygen atoms in total. The molecule has 5 heteroatoms. The maximum atomic E-state index is 11.9. The van der Waals surface area contributed by atoms with Gasteiger partial charge in [-0.15, -0.1) is 0 Å². The summed E-state index contributed by atoms with van der Waals surface area (Å²) in [5.74, 6) is -0.0929. The molecule has 0 aliphatic carbocycles. The highest BCUT2D eigenvalue weighted by Gasteiger charge is 2.13. The van der Waals surface area contributed by atoms with Crippen molar-refractivity contribution in [2.75, 3.05) is 18.4 Å². The summed E-state index contributed by atoms with van der Waals surface area (Å²) in [6.45, 7) is 7.18. The summed E-state index contributed by atoms with van der Waals surface area (Å²) in [6.07, 6.45) is 5.91. The van der Waals surface area contributed by atoms with Crippen LogP contribution in [0.5, 0.6) is 0 Å². The summed E-state index contributed by atoms with van der Waals surface area (Å²) in [7, 11) is 0. The van der Waals surface area contributed by atoms with E-state index >= 15 is 0 Å². The fourth-order valence-electron chi connectivity index (χ4n) is 2.09. The van der Waals surface area contributed by atoms with Gasteiger partial charge in [0.2, 0.25) is 5.91 Å². The number of fused-ring (bicyclic) bond motifs is 1. The molecule has 0 bridgehead atoms. The predicted octanol–water partition coefficient (Wildman–Crippen LogP) is 3.21. The van der Waals surface area contributed by atoms with E-state index in [-0.39, 0.29) is 12.5 Å². The molecule has 21 heavy (non-hydrogen) atoms. The fraction of sp³-hybridized carbons (Fsp3) is 0.312. The van der Waals surface area contributed by atoms with E-state index in [4.69, 9.17) is 11.6 Å². The largest absolute Gasteiger partial charge is 0.362 e. The van der Waals surface area contributed by atoms with E-state index in [2.05, 4.69) is 29.5 Å². The third-order valence-electron chi connectivity index (χ3n) is 3.25. The molecule has 3 N–H and O–H groups in total. The lowest BCUT2D eigenvalue weighted by Crippen LogP contribution is -2.28. The standard InChI is InChI=1S/C16H20ClN3O/c1-3-4-6-18-10-16(21)20-15-8-12-5-7-19-11(2)13(12)9-14(15)17/h5,7-9,18-19H,2-4,6,10H2,1H3,(H,20,21). The molecule has 1 aromatic carbocycles. The Labute approximate surface area is 130 Å². The topological polar surface area (TPSA) is 53.2 Å². The number of carbonyl (C=O) groups is 1. The Hall–Kier alpha value is -1.78. The second kappa shape index (κ2) is 7.29. The molecule has 0 saturated carbocycles. The zero-order chi connectivity index (χ0) is 15.2. The van der Waals surface area contributed by atoms with Crippen LogP contribution in [0.1, 0.15) is 30.9 Å². The smallest absolute Gasteiger partial charge is 0.238 e. The van der Waals surface area contributed by atoms with Crippen molar-refractivity contribution >= 4 is 35.0 Å². The minimum absolute atomic E-state index is 0.0929. The molecule has 0 fully saturated rings. The first-order chi connectivity index (χ1) is 10.1. The number of amides is 1. The normalized spacial score (nSPS) is 12.8. The zero-order valence-corrected chi connectivity index (χ0v) is 12.9. The van der Waals surface area contributed by atoms with Crippen molar-refractivity contribution in [1.29, 1.82) is 0 Å². The number of anilines is 1. The molecule has 0 radical (unpaired) electrons. The van der Waals surface area contributed by atoms with Gasteiger partial charge in [0, 0.05) is 17.5 Å². The molecule has 1 amide bonds. The molecule has 1 heterocycles. The van der Waals surface area contributed by atoms with E-state index in [1.165, 1.54) is 0 Å². The van der Waals surface area contributed by atoms with Gasteiger partial charge in [-0.1, -0.05) is 31.5 Å². The van der Waals surface area contributed by atoms with Crippen LogP contribution in [0.25, 0.3) is 11.8 Å². The lowest BCUT2D eigenvalue weighted by molar-refractivity contribution is -0.115. The van der Waals surface area contributed by atoms with Crippen molar-refractivity contribution in [2.24, 2.45) is 0 Å². The van der Waals surface area contributed by atoms with E-state index in [1.54, 1.807) is 0 Å². The van der Waals surface area contributed by atoms with Crippen LogP contribution in [0, 0.1) is 0 Å². The second-order valence-electron chi connectivity index (χ2n) is 4.95. The van der Waals surface area contributed by atoms with Gasteiger partial charge in [0.15, 0.2) is 0 Å². The maximum Gasteiger partial charge on any atom is 0.238 e. The van der Waals surface area contributed by atoms with Crippen molar-refractivity contribution in [3.63, 3.8) is 0 Å². The number of hydrogen-bond donors (Lipinski definition) is 3. The third-order valence-corrected chi connectivity index (χ3v) is 3.56. The number of halogens is 1. The third kappa shape index (κ3) is 4.09. The number of nitrogens with one attached hydrogen (secondary N) is 3. The van der Waals surface area contributed by atoms with Gasteiger partial charge in [0.25, 0.3) is 0 Å². The van der Waals surface area contributed by atoms with E-state index in [1.807, 2.05) is 24.4 Å².